The van der Waals surface area contributed by atoms with E-state index in [2.05, 4.69) is 10.4 Å². The number of ether oxygens (including phenoxy) is 2. The number of alkyl halides is 3. The van der Waals surface area contributed by atoms with Gasteiger partial charge in [-0.2, -0.15) is 18.3 Å². The highest BCUT2D eigenvalue weighted by Crippen LogP contribution is 2.35. The number of rotatable bonds is 4. The van der Waals surface area contributed by atoms with Crippen LogP contribution in [-0.2, 0) is 18.6 Å². The summed E-state index contributed by atoms with van der Waals surface area (Å²) in [6, 6.07) is 5.47. The zero-order valence-corrected chi connectivity index (χ0v) is 15.2. The molecule has 0 spiro atoms. The van der Waals surface area contributed by atoms with Crippen molar-refractivity contribution in [1.29, 1.82) is 0 Å². The molecule has 0 saturated heterocycles. The van der Waals surface area contributed by atoms with E-state index in [9.17, 15) is 18.0 Å². The molecule has 1 aliphatic heterocycles. The molecule has 1 aliphatic rings. The molecule has 2 heterocycles. The average molecular weight is 383 g/mol. The van der Waals surface area contributed by atoms with E-state index < -0.39 is 28.8 Å². The van der Waals surface area contributed by atoms with Gasteiger partial charge >= 0.3 is 6.18 Å². The Morgan fingerprint density at radius 1 is 1.22 bits per heavy atom. The van der Waals surface area contributed by atoms with Gasteiger partial charge in [-0.3, -0.25) is 9.48 Å². The maximum atomic E-state index is 13.0. The molecule has 3 rings (SSSR count). The maximum absolute atomic E-state index is 13.0. The van der Waals surface area contributed by atoms with Gasteiger partial charge in [0.15, 0.2) is 17.2 Å². The number of carbonyl (C=O) groups is 1. The Bertz CT molecular complexity index is 859. The number of aromatic nitrogens is 2. The van der Waals surface area contributed by atoms with Crippen molar-refractivity contribution in [3.63, 3.8) is 0 Å². The number of amides is 1. The summed E-state index contributed by atoms with van der Waals surface area (Å²) in [4.78, 5) is 12.3. The van der Waals surface area contributed by atoms with Crippen LogP contribution >= 0.6 is 0 Å². The lowest BCUT2D eigenvalue weighted by Crippen LogP contribution is -2.37. The number of fused-ring (bicyclic) bond motifs is 1. The molecular formula is C18H20F3N3O3. The lowest BCUT2D eigenvalue weighted by atomic mass is 9.84. The molecule has 6 nitrogen and oxygen atoms in total. The molecule has 0 fully saturated rings. The number of halogens is 3. The van der Waals surface area contributed by atoms with Crippen LogP contribution in [0.3, 0.4) is 0 Å². The molecule has 0 aliphatic carbocycles. The lowest BCUT2D eigenvalue weighted by Gasteiger charge is -2.27. The van der Waals surface area contributed by atoms with Crippen molar-refractivity contribution in [2.24, 2.45) is 7.05 Å². The average Bonchev–Trinajstić information content (AvgIpc) is 3.01. The summed E-state index contributed by atoms with van der Waals surface area (Å²) in [5.41, 5.74) is -1.36. The van der Waals surface area contributed by atoms with Crippen LogP contribution in [0.4, 0.5) is 13.2 Å². The molecule has 0 saturated carbocycles. The van der Waals surface area contributed by atoms with Crippen LogP contribution in [0.15, 0.2) is 24.4 Å². The quantitative estimate of drug-likeness (QED) is 0.882. The van der Waals surface area contributed by atoms with Gasteiger partial charge in [-0.1, -0.05) is 19.9 Å². The Kier molecular flexibility index (Phi) is 4.79. The minimum absolute atomic E-state index is 0.137. The first-order valence-corrected chi connectivity index (χ1v) is 8.37. The SMILES string of the molecule is Cn1cc(C(=O)NCC(C)(C)c2ccc3c(c2)OCCO3)c(C(F)(F)F)n1. The van der Waals surface area contributed by atoms with Gasteiger partial charge in [0, 0.05) is 25.2 Å². The van der Waals surface area contributed by atoms with Crippen molar-refractivity contribution in [1.82, 2.24) is 15.1 Å². The molecule has 1 aromatic carbocycles. The third-order valence-corrected chi connectivity index (χ3v) is 4.36. The predicted molar refractivity (Wildman–Crippen MR) is 91.0 cm³/mol. The second-order valence-electron chi connectivity index (χ2n) is 6.99. The second-order valence-corrected chi connectivity index (χ2v) is 6.99. The molecule has 9 heteroatoms. The molecule has 0 bridgehead atoms. The van der Waals surface area contributed by atoms with E-state index >= 15 is 0 Å². The summed E-state index contributed by atoms with van der Waals surface area (Å²) < 4.78 is 51.1. The summed E-state index contributed by atoms with van der Waals surface area (Å²) in [7, 11) is 1.34. The Balaban J connectivity index is 1.75. The van der Waals surface area contributed by atoms with Gasteiger partial charge in [0.25, 0.3) is 5.91 Å². The van der Waals surface area contributed by atoms with Crippen LogP contribution in [0.1, 0.15) is 35.5 Å². The fourth-order valence-electron chi connectivity index (χ4n) is 2.83. The van der Waals surface area contributed by atoms with Crippen molar-refractivity contribution in [2.75, 3.05) is 19.8 Å². The van der Waals surface area contributed by atoms with Gasteiger partial charge in [0.1, 0.15) is 13.2 Å². The zero-order chi connectivity index (χ0) is 19.8. The molecule has 146 valence electrons. The molecule has 27 heavy (non-hydrogen) atoms. The van der Waals surface area contributed by atoms with Crippen molar-refractivity contribution in [3.8, 4) is 11.5 Å². The highest BCUT2D eigenvalue weighted by atomic mass is 19.4. The molecule has 1 N–H and O–H groups in total. The maximum Gasteiger partial charge on any atom is 0.435 e. The highest BCUT2D eigenvalue weighted by Gasteiger charge is 2.39. The van der Waals surface area contributed by atoms with Crippen LogP contribution in [0.5, 0.6) is 11.5 Å². The number of hydrogen-bond donors (Lipinski definition) is 1. The first kappa shape index (κ1) is 19.1. The summed E-state index contributed by atoms with van der Waals surface area (Å²) in [6.07, 6.45) is -3.63. The first-order chi connectivity index (χ1) is 12.6. The number of aryl methyl sites for hydroxylation is 1. The van der Waals surface area contributed by atoms with E-state index in [1.165, 1.54) is 7.05 Å². The van der Waals surface area contributed by atoms with E-state index in [-0.39, 0.29) is 6.54 Å². The molecule has 1 amide bonds. The predicted octanol–water partition coefficient (Wildman–Crippen LogP) is 2.92. The van der Waals surface area contributed by atoms with Crippen LogP contribution in [0.25, 0.3) is 0 Å². The molecular weight excluding hydrogens is 363 g/mol. The Labute approximate surface area is 154 Å². The summed E-state index contributed by atoms with van der Waals surface area (Å²) in [5, 5.41) is 5.93. The second kappa shape index (κ2) is 6.79. The van der Waals surface area contributed by atoms with Crippen LogP contribution in [0.2, 0.25) is 0 Å². The van der Waals surface area contributed by atoms with E-state index in [1.807, 2.05) is 26.0 Å². The van der Waals surface area contributed by atoms with E-state index in [0.717, 1.165) is 16.4 Å². The summed E-state index contributed by atoms with van der Waals surface area (Å²) in [6.45, 7) is 4.84. The Morgan fingerprint density at radius 2 is 1.89 bits per heavy atom. The number of benzene rings is 1. The number of nitrogens with zero attached hydrogens (tertiary/aromatic N) is 2. The normalized spacial score (nSPS) is 14.1. The number of nitrogens with one attached hydrogen (secondary N) is 1. The van der Waals surface area contributed by atoms with Crippen molar-refractivity contribution in [2.45, 2.75) is 25.4 Å². The molecule has 0 radical (unpaired) electrons. The van der Waals surface area contributed by atoms with Gasteiger partial charge in [0.2, 0.25) is 0 Å². The number of hydrogen-bond acceptors (Lipinski definition) is 4. The lowest BCUT2D eigenvalue weighted by molar-refractivity contribution is -0.141. The smallest absolute Gasteiger partial charge is 0.435 e. The monoisotopic (exact) mass is 383 g/mol. The summed E-state index contributed by atoms with van der Waals surface area (Å²) in [5.74, 6) is 0.445. The molecule has 0 unspecified atom stereocenters. The largest absolute Gasteiger partial charge is 0.486 e. The third kappa shape index (κ3) is 4.01. The van der Waals surface area contributed by atoms with Gasteiger partial charge in [-0.05, 0) is 17.7 Å². The zero-order valence-electron chi connectivity index (χ0n) is 15.2. The van der Waals surface area contributed by atoms with Gasteiger partial charge in [0.05, 0.1) is 5.56 Å². The van der Waals surface area contributed by atoms with Gasteiger partial charge < -0.3 is 14.8 Å². The van der Waals surface area contributed by atoms with Crippen molar-refractivity contribution >= 4 is 5.91 Å². The molecule has 1 aromatic heterocycles. The number of carbonyl (C=O) groups excluding carboxylic acids is 1. The van der Waals surface area contributed by atoms with Crippen molar-refractivity contribution in [3.05, 3.63) is 41.2 Å². The minimum Gasteiger partial charge on any atom is -0.486 e. The van der Waals surface area contributed by atoms with E-state index in [4.69, 9.17) is 9.47 Å². The molecule has 2 aromatic rings. The topological polar surface area (TPSA) is 65.4 Å². The minimum atomic E-state index is -4.70. The fourth-order valence-corrected chi connectivity index (χ4v) is 2.83. The fraction of sp³-hybridized carbons (Fsp3) is 0.444. The van der Waals surface area contributed by atoms with Gasteiger partial charge in [-0.25, -0.2) is 0 Å². The van der Waals surface area contributed by atoms with Crippen LogP contribution < -0.4 is 14.8 Å². The standard InChI is InChI=1S/C18H20F3N3O3/c1-17(2,11-4-5-13-14(8-11)27-7-6-26-13)10-22-16(25)12-9-24(3)23-15(12)18(19,20)21/h4-5,8-9H,6-7,10H2,1-3H3,(H,22,25). The van der Waals surface area contributed by atoms with E-state index in [0.29, 0.717) is 24.7 Å². The van der Waals surface area contributed by atoms with Crippen LogP contribution in [0, 0.1) is 0 Å². The van der Waals surface area contributed by atoms with Gasteiger partial charge in [-0.15, -0.1) is 0 Å². The third-order valence-electron chi connectivity index (χ3n) is 4.36. The molecule has 0 atom stereocenters. The van der Waals surface area contributed by atoms with Crippen LogP contribution in [-0.4, -0.2) is 35.4 Å². The van der Waals surface area contributed by atoms with E-state index in [1.54, 1.807) is 6.07 Å². The van der Waals surface area contributed by atoms with Crippen molar-refractivity contribution < 1.29 is 27.4 Å². The Morgan fingerprint density at radius 3 is 2.56 bits per heavy atom. The Hall–Kier alpha value is -2.71. The first-order valence-electron chi connectivity index (χ1n) is 8.37. The highest BCUT2D eigenvalue weighted by molar-refractivity contribution is 5.95. The summed E-state index contributed by atoms with van der Waals surface area (Å²) >= 11 is 0.